The van der Waals surface area contributed by atoms with Gasteiger partial charge in [-0.3, -0.25) is 0 Å². The second-order valence-electron chi connectivity index (χ2n) is 7.55. The minimum Gasteiger partial charge on any atom is -0.377 e. The van der Waals surface area contributed by atoms with E-state index in [1.54, 1.807) is 29.8 Å². The third kappa shape index (κ3) is 5.06. The molecule has 0 saturated carbocycles. The van der Waals surface area contributed by atoms with Crippen LogP contribution in [-0.2, 0) is 18.9 Å². The van der Waals surface area contributed by atoms with Crippen LogP contribution in [0.25, 0.3) is 0 Å². The Hall–Kier alpha value is -0.503. The SMILES string of the molecule is CCCC(O[Si](CCC)(OC)OC(C)(C)C)(c1ccsc1)c1ccsc1. The summed E-state index contributed by atoms with van der Waals surface area (Å²) in [5.74, 6) is 0. The van der Waals surface area contributed by atoms with Crippen LogP contribution in [-0.4, -0.2) is 21.5 Å². The predicted molar refractivity (Wildman–Crippen MR) is 114 cm³/mol. The lowest BCUT2D eigenvalue weighted by Crippen LogP contribution is -2.54. The van der Waals surface area contributed by atoms with Gasteiger partial charge in [-0.15, -0.1) is 0 Å². The first-order valence-corrected chi connectivity index (χ1v) is 13.1. The van der Waals surface area contributed by atoms with E-state index >= 15 is 0 Å². The average molecular weight is 413 g/mol. The van der Waals surface area contributed by atoms with Gasteiger partial charge in [0.1, 0.15) is 5.60 Å². The van der Waals surface area contributed by atoms with Crippen molar-refractivity contribution in [3.05, 3.63) is 44.8 Å². The smallest absolute Gasteiger partial charge is 0.377 e. The van der Waals surface area contributed by atoms with E-state index in [1.807, 2.05) is 0 Å². The summed E-state index contributed by atoms with van der Waals surface area (Å²) in [5.41, 5.74) is 1.56. The molecule has 2 heterocycles. The van der Waals surface area contributed by atoms with Gasteiger partial charge in [0, 0.05) is 13.2 Å². The Balaban J connectivity index is 2.56. The fourth-order valence-electron chi connectivity index (χ4n) is 3.31. The molecule has 0 radical (unpaired) electrons. The highest BCUT2D eigenvalue weighted by atomic mass is 32.1. The molecule has 0 saturated heterocycles. The fraction of sp³-hybridized carbons (Fsp3) is 0.600. The third-order valence-corrected chi connectivity index (χ3v) is 8.92. The van der Waals surface area contributed by atoms with Crippen LogP contribution >= 0.6 is 22.7 Å². The van der Waals surface area contributed by atoms with Crippen molar-refractivity contribution in [3.8, 4) is 0 Å². The Morgan fingerprint density at radius 3 is 1.85 bits per heavy atom. The van der Waals surface area contributed by atoms with Crippen molar-refractivity contribution in [2.75, 3.05) is 7.11 Å². The zero-order valence-electron chi connectivity index (χ0n) is 16.8. The molecule has 6 heteroatoms. The summed E-state index contributed by atoms with van der Waals surface area (Å²) in [4.78, 5) is 0. The van der Waals surface area contributed by atoms with E-state index in [4.69, 9.17) is 13.3 Å². The Morgan fingerprint density at radius 2 is 1.50 bits per heavy atom. The van der Waals surface area contributed by atoms with Crippen LogP contribution in [0.2, 0.25) is 6.04 Å². The molecule has 2 aromatic rings. The van der Waals surface area contributed by atoms with Crippen LogP contribution in [0.3, 0.4) is 0 Å². The molecule has 0 spiro atoms. The van der Waals surface area contributed by atoms with Gasteiger partial charge in [-0.05, 0) is 72.0 Å². The molecule has 0 aliphatic heterocycles. The van der Waals surface area contributed by atoms with Gasteiger partial charge in [0.05, 0.1) is 5.60 Å². The van der Waals surface area contributed by atoms with Gasteiger partial charge in [-0.25, -0.2) is 0 Å². The van der Waals surface area contributed by atoms with Gasteiger partial charge in [-0.2, -0.15) is 22.7 Å². The van der Waals surface area contributed by atoms with Gasteiger partial charge >= 0.3 is 8.80 Å². The van der Waals surface area contributed by atoms with Crippen molar-refractivity contribution in [2.24, 2.45) is 0 Å². The zero-order chi connectivity index (χ0) is 19.3. The van der Waals surface area contributed by atoms with Crippen molar-refractivity contribution in [3.63, 3.8) is 0 Å². The molecule has 1 atom stereocenters. The van der Waals surface area contributed by atoms with E-state index in [0.29, 0.717) is 0 Å². The number of thiophene rings is 2. The van der Waals surface area contributed by atoms with Crippen LogP contribution in [0.5, 0.6) is 0 Å². The molecular weight excluding hydrogens is 380 g/mol. The van der Waals surface area contributed by atoms with Crippen molar-refractivity contribution < 1.29 is 13.3 Å². The molecule has 0 aliphatic rings. The first-order valence-electron chi connectivity index (χ1n) is 9.31. The lowest BCUT2D eigenvalue weighted by Gasteiger charge is -2.43. The third-order valence-electron chi connectivity index (χ3n) is 4.24. The van der Waals surface area contributed by atoms with Crippen LogP contribution < -0.4 is 0 Å². The molecule has 2 rings (SSSR count). The van der Waals surface area contributed by atoms with E-state index in [0.717, 1.165) is 25.3 Å². The number of hydrogen-bond acceptors (Lipinski definition) is 5. The van der Waals surface area contributed by atoms with Gasteiger partial charge in [0.2, 0.25) is 0 Å². The van der Waals surface area contributed by atoms with Crippen molar-refractivity contribution in [2.45, 2.75) is 71.1 Å². The zero-order valence-corrected chi connectivity index (χ0v) is 19.5. The minimum absolute atomic E-state index is 0.321. The van der Waals surface area contributed by atoms with Crippen molar-refractivity contribution in [1.29, 1.82) is 0 Å². The van der Waals surface area contributed by atoms with Gasteiger partial charge in [-0.1, -0.05) is 26.7 Å². The molecular formula is C20H32O3S2Si. The standard InChI is InChI=1S/C20H32O3S2Si/c1-7-11-20(17-9-12-24-15-17,18-10-13-25-16-18)23-26(21-6,14-8-2)22-19(3,4)5/h9-10,12-13,15-16H,7-8,11,14H2,1-6H3. The molecule has 0 fully saturated rings. The quantitative estimate of drug-likeness (QED) is 0.407. The maximum atomic E-state index is 7.03. The summed E-state index contributed by atoms with van der Waals surface area (Å²) in [5, 5.41) is 8.64. The molecule has 0 N–H and O–H groups in total. The molecule has 2 aromatic heterocycles. The normalized spacial score (nSPS) is 15.2. The summed E-state index contributed by atoms with van der Waals surface area (Å²) >= 11 is 3.41. The first-order chi connectivity index (χ1) is 12.3. The first kappa shape index (κ1) is 21.8. The molecule has 26 heavy (non-hydrogen) atoms. The molecule has 3 nitrogen and oxygen atoms in total. The summed E-state index contributed by atoms with van der Waals surface area (Å²) in [6.07, 6.45) is 2.88. The molecule has 146 valence electrons. The van der Waals surface area contributed by atoms with Crippen molar-refractivity contribution >= 4 is 31.5 Å². The monoisotopic (exact) mass is 412 g/mol. The van der Waals surface area contributed by atoms with Crippen molar-refractivity contribution in [1.82, 2.24) is 0 Å². The molecule has 0 aliphatic carbocycles. The van der Waals surface area contributed by atoms with E-state index in [-0.39, 0.29) is 5.60 Å². The minimum atomic E-state index is -2.88. The van der Waals surface area contributed by atoms with Gasteiger partial charge in [0.15, 0.2) is 0 Å². The Bertz CT molecular complexity index is 600. The molecule has 1 unspecified atom stereocenters. The van der Waals surface area contributed by atoms with E-state index in [2.05, 4.69) is 68.3 Å². The maximum absolute atomic E-state index is 7.03. The summed E-state index contributed by atoms with van der Waals surface area (Å²) in [6, 6.07) is 5.16. The van der Waals surface area contributed by atoms with Gasteiger partial charge < -0.3 is 13.3 Å². The highest BCUT2D eigenvalue weighted by Crippen LogP contribution is 2.44. The molecule has 0 amide bonds. The number of hydrogen-bond donors (Lipinski definition) is 0. The lowest BCUT2D eigenvalue weighted by molar-refractivity contribution is -0.0469. The average Bonchev–Trinajstić information content (AvgIpc) is 3.27. The Morgan fingerprint density at radius 1 is 0.923 bits per heavy atom. The Kier molecular flexibility index (Phi) is 7.65. The summed E-state index contributed by atoms with van der Waals surface area (Å²) in [7, 11) is -1.14. The van der Waals surface area contributed by atoms with E-state index in [1.165, 1.54) is 11.1 Å². The number of rotatable bonds is 10. The topological polar surface area (TPSA) is 27.7 Å². The van der Waals surface area contributed by atoms with Crippen LogP contribution in [0.15, 0.2) is 33.7 Å². The highest BCUT2D eigenvalue weighted by Gasteiger charge is 2.51. The van der Waals surface area contributed by atoms with Gasteiger partial charge in [0.25, 0.3) is 0 Å². The maximum Gasteiger partial charge on any atom is 0.502 e. The fourth-order valence-corrected chi connectivity index (χ4v) is 7.78. The summed E-state index contributed by atoms with van der Waals surface area (Å²) in [6.45, 7) is 10.6. The largest absolute Gasteiger partial charge is 0.502 e. The molecule has 0 bridgehead atoms. The molecule has 0 aromatic carbocycles. The van der Waals surface area contributed by atoms with E-state index < -0.39 is 14.4 Å². The second kappa shape index (κ2) is 9.13. The predicted octanol–water partition coefficient (Wildman–Crippen LogP) is 6.68. The van der Waals surface area contributed by atoms with Crippen LogP contribution in [0, 0.1) is 0 Å². The van der Waals surface area contributed by atoms with Crippen LogP contribution in [0.4, 0.5) is 0 Å². The van der Waals surface area contributed by atoms with E-state index in [9.17, 15) is 0 Å². The lowest BCUT2D eigenvalue weighted by atomic mass is 9.86. The highest BCUT2D eigenvalue weighted by molar-refractivity contribution is 7.08. The Labute approximate surface area is 167 Å². The summed E-state index contributed by atoms with van der Waals surface area (Å²) < 4.78 is 19.6. The second-order valence-corrected chi connectivity index (χ2v) is 11.8. The van der Waals surface area contributed by atoms with Crippen LogP contribution in [0.1, 0.15) is 65.0 Å².